The molecule has 0 N–H and O–H groups in total. The summed E-state index contributed by atoms with van der Waals surface area (Å²) in [4.78, 5) is 2.59. The number of allylic oxidation sites excluding steroid dienone is 1. The Kier molecular flexibility index (Phi) is 3.71. The molecule has 0 saturated carbocycles. The highest BCUT2D eigenvalue weighted by Gasteiger charge is 1.71. The molecule has 0 amide bonds. The van der Waals surface area contributed by atoms with E-state index in [4.69, 9.17) is 5.53 Å². The van der Waals surface area contributed by atoms with Crippen LogP contribution in [0.5, 0.6) is 0 Å². The van der Waals surface area contributed by atoms with Gasteiger partial charge >= 0.3 is 0 Å². The Labute approximate surface area is 48.6 Å². The van der Waals surface area contributed by atoms with Crippen LogP contribution in [-0.4, -0.2) is 6.54 Å². The largest absolute Gasteiger partial charge is 0.0899 e. The number of azide groups is 1. The van der Waals surface area contributed by atoms with Crippen LogP contribution in [-0.2, 0) is 0 Å². The summed E-state index contributed by atoms with van der Waals surface area (Å²) in [5.74, 6) is 0. The maximum Gasteiger partial charge on any atom is 0.0442 e. The van der Waals surface area contributed by atoms with Gasteiger partial charge in [0.1, 0.15) is 0 Å². The lowest BCUT2D eigenvalue weighted by Crippen LogP contribution is -1.69. The van der Waals surface area contributed by atoms with Gasteiger partial charge < -0.3 is 0 Å². The topological polar surface area (TPSA) is 48.8 Å². The lowest BCUT2D eigenvalue weighted by molar-refractivity contribution is 1.18. The number of nitrogens with zero attached hydrogens (tertiary/aromatic N) is 3. The summed E-state index contributed by atoms with van der Waals surface area (Å²) < 4.78 is 0. The van der Waals surface area contributed by atoms with Crippen molar-refractivity contribution in [1.29, 1.82) is 0 Å². The van der Waals surface area contributed by atoms with Gasteiger partial charge in [-0.2, -0.15) is 0 Å². The first kappa shape index (κ1) is 7.05. The molecule has 0 heterocycles. The Hall–Kier alpha value is -0.950. The minimum Gasteiger partial charge on any atom is -0.0899 e. The molecule has 0 rings (SSSR count). The molecular weight excluding hydrogens is 102 g/mol. The molecule has 0 spiro atoms. The maximum atomic E-state index is 7.81. The van der Waals surface area contributed by atoms with Crippen molar-refractivity contribution < 1.29 is 0 Å². The van der Waals surface area contributed by atoms with Crippen molar-refractivity contribution in [3.05, 3.63) is 22.1 Å². The van der Waals surface area contributed by atoms with Crippen LogP contribution in [0.1, 0.15) is 13.8 Å². The molecular formula is C5H9N3. The molecule has 0 aromatic carbocycles. The van der Waals surface area contributed by atoms with Gasteiger partial charge in [-0.25, -0.2) is 0 Å². The summed E-state index contributed by atoms with van der Waals surface area (Å²) in [6.45, 7) is 4.40. The lowest BCUT2D eigenvalue weighted by atomic mass is 10.3. The third-order valence-corrected chi connectivity index (χ3v) is 0.644. The third-order valence-electron chi connectivity index (χ3n) is 0.644. The van der Waals surface area contributed by atoms with Crippen molar-refractivity contribution in [2.75, 3.05) is 6.54 Å². The summed E-state index contributed by atoms with van der Waals surface area (Å²) in [6.07, 6.45) is 1.87. The summed E-state index contributed by atoms with van der Waals surface area (Å²) in [7, 11) is 0. The van der Waals surface area contributed by atoms with E-state index in [1.54, 1.807) is 0 Å². The van der Waals surface area contributed by atoms with Gasteiger partial charge in [-0.3, -0.25) is 0 Å². The highest BCUT2D eigenvalue weighted by atomic mass is 15.1. The average Bonchev–Trinajstić information content (AvgIpc) is 1.66. The van der Waals surface area contributed by atoms with Gasteiger partial charge in [0.25, 0.3) is 0 Å². The normalized spacial score (nSPS) is 7.25. The van der Waals surface area contributed by atoms with E-state index in [2.05, 4.69) is 10.0 Å². The second-order valence-corrected chi connectivity index (χ2v) is 1.69. The van der Waals surface area contributed by atoms with Crippen molar-refractivity contribution in [3.63, 3.8) is 0 Å². The summed E-state index contributed by atoms with van der Waals surface area (Å²) in [5, 5.41) is 3.32. The molecule has 8 heavy (non-hydrogen) atoms. The Morgan fingerprint density at radius 3 is 2.75 bits per heavy atom. The first-order valence-electron chi connectivity index (χ1n) is 2.41. The first-order chi connectivity index (χ1) is 3.77. The van der Waals surface area contributed by atoms with Crippen LogP contribution < -0.4 is 0 Å². The minimum atomic E-state index is 0.471. The fourth-order valence-corrected chi connectivity index (χ4v) is 0.260. The number of hydrogen-bond acceptors (Lipinski definition) is 1. The van der Waals surface area contributed by atoms with E-state index >= 15 is 0 Å². The van der Waals surface area contributed by atoms with E-state index < -0.39 is 0 Å². The van der Waals surface area contributed by atoms with Crippen molar-refractivity contribution in [2.24, 2.45) is 5.11 Å². The Morgan fingerprint density at radius 2 is 2.38 bits per heavy atom. The molecule has 0 bridgehead atoms. The fourth-order valence-electron chi connectivity index (χ4n) is 0.260. The zero-order valence-electron chi connectivity index (χ0n) is 5.13. The zero-order chi connectivity index (χ0) is 6.41. The summed E-state index contributed by atoms with van der Waals surface area (Å²) >= 11 is 0. The van der Waals surface area contributed by atoms with Gasteiger partial charge in [-0.05, 0) is 19.4 Å². The van der Waals surface area contributed by atoms with Crippen molar-refractivity contribution >= 4 is 0 Å². The van der Waals surface area contributed by atoms with Crippen LogP contribution in [0.3, 0.4) is 0 Å². The van der Waals surface area contributed by atoms with E-state index in [1.807, 2.05) is 19.9 Å². The predicted octanol–water partition coefficient (Wildman–Crippen LogP) is 2.26. The predicted molar refractivity (Wildman–Crippen MR) is 33.4 cm³/mol. The average molecular weight is 111 g/mol. The first-order valence-corrected chi connectivity index (χ1v) is 2.41. The van der Waals surface area contributed by atoms with E-state index in [1.165, 1.54) is 5.57 Å². The summed E-state index contributed by atoms with van der Waals surface area (Å²) in [6, 6.07) is 0. The highest BCUT2D eigenvalue weighted by molar-refractivity contribution is 4.94. The summed E-state index contributed by atoms with van der Waals surface area (Å²) in [5.41, 5.74) is 8.99. The standard InChI is InChI=1S/C5H9N3/c1-5(2)3-4-7-8-6/h3H,4H2,1-2H3. The van der Waals surface area contributed by atoms with Crippen LogP contribution in [0, 0.1) is 0 Å². The lowest BCUT2D eigenvalue weighted by Gasteiger charge is -1.81. The van der Waals surface area contributed by atoms with Crippen LogP contribution in [0.2, 0.25) is 0 Å². The molecule has 0 aliphatic carbocycles. The molecule has 3 nitrogen and oxygen atoms in total. The van der Waals surface area contributed by atoms with Crippen molar-refractivity contribution in [1.82, 2.24) is 0 Å². The molecule has 3 heteroatoms. The highest BCUT2D eigenvalue weighted by Crippen LogP contribution is 1.86. The molecule has 0 aliphatic heterocycles. The molecule has 0 aliphatic rings. The van der Waals surface area contributed by atoms with Crippen LogP contribution >= 0.6 is 0 Å². The van der Waals surface area contributed by atoms with E-state index in [0.717, 1.165) is 0 Å². The molecule has 0 atom stereocenters. The van der Waals surface area contributed by atoms with Crippen LogP contribution in [0.15, 0.2) is 16.8 Å². The van der Waals surface area contributed by atoms with E-state index in [-0.39, 0.29) is 0 Å². The maximum absolute atomic E-state index is 7.81. The fraction of sp³-hybridized carbons (Fsp3) is 0.600. The van der Waals surface area contributed by atoms with Crippen LogP contribution in [0.25, 0.3) is 10.4 Å². The van der Waals surface area contributed by atoms with Crippen molar-refractivity contribution in [3.8, 4) is 0 Å². The molecule has 0 aromatic heterocycles. The third kappa shape index (κ3) is 5.05. The van der Waals surface area contributed by atoms with Gasteiger partial charge in [0.05, 0.1) is 0 Å². The zero-order valence-corrected chi connectivity index (χ0v) is 5.13. The molecule has 0 fully saturated rings. The molecule has 0 radical (unpaired) electrons. The quantitative estimate of drug-likeness (QED) is 0.227. The van der Waals surface area contributed by atoms with Gasteiger partial charge in [-0.1, -0.05) is 16.8 Å². The van der Waals surface area contributed by atoms with Gasteiger partial charge in [0.15, 0.2) is 0 Å². The van der Waals surface area contributed by atoms with Gasteiger partial charge in [0, 0.05) is 11.5 Å². The van der Waals surface area contributed by atoms with E-state index in [0.29, 0.717) is 6.54 Å². The van der Waals surface area contributed by atoms with E-state index in [9.17, 15) is 0 Å². The van der Waals surface area contributed by atoms with Crippen LogP contribution in [0.4, 0.5) is 0 Å². The monoisotopic (exact) mass is 111 g/mol. The Bertz CT molecular complexity index is 127. The van der Waals surface area contributed by atoms with Gasteiger partial charge in [-0.15, -0.1) is 0 Å². The number of rotatable bonds is 2. The molecule has 44 valence electrons. The smallest absolute Gasteiger partial charge is 0.0442 e. The molecule has 0 saturated heterocycles. The van der Waals surface area contributed by atoms with Crippen molar-refractivity contribution in [2.45, 2.75) is 13.8 Å². The molecule has 0 aromatic rings. The second kappa shape index (κ2) is 4.22. The Morgan fingerprint density at radius 1 is 1.75 bits per heavy atom. The Balaban J connectivity index is 3.44. The second-order valence-electron chi connectivity index (χ2n) is 1.69. The SMILES string of the molecule is CC(C)=CCN=[N+]=[N-]. The van der Waals surface area contributed by atoms with Gasteiger partial charge in [0.2, 0.25) is 0 Å². The minimum absolute atomic E-state index is 0.471. The number of hydrogen-bond donors (Lipinski definition) is 0. The molecule has 0 unspecified atom stereocenters.